The Kier molecular flexibility index (Phi) is 5.35. The van der Waals surface area contributed by atoms with E-state index >= 15 is 0 Å². The number of ether oxygens (including phenoxy) is 1. The van der Waals surface area contributed by atoms with E-state index in [9.17, 15) is 14.4 Å². The summed E-state index contributed by atoms with van der Waals surface area (Å²) >= 11 is 0. The average Bonchev–Trinajstić information content (AvgIpc) is 2.33. The molecular weight excluding hydrogens is 236 g/mol. The lowest BCUT2D eigenvalue weighted by Gasteiger charge is -2.32. The molecule has 100 valence electrons. The van der Waals surface area contributed by atoms with E-state index in [1.807, 2.05) is 6.92 Å². The minimum atomic E-state index is -0.441. The normalized spacial score (nSPS) is 16.6. The van der Waals surface area contributed by atoms with Gasteiger partial charge in [0.1, 0.15) is 6.54 Å². The second kappa shape index (κ2) is 6.78. The van der Waals surface area contributed by atoms with Gasteiger partial charge >= 0.3 is 5.97 Å². The SMILES string of the molecule is CCOC(=O)/C=C/CN1CC(=O)N(CC)CC1=O. The monoisotopic (exact) mass is 254 g/mol. The fourth-order valence-electron chi connectivity index (χ4n) is 1.62. The first-order valence-electron chi connectivity index (χ1n) is 5.97. The molecule has 2 amide bonds. The van der Waals surface area contributed by atoms with Gasteiger partial charge in [0, 0.05) is 19.2 Å². The Morgan fingerprint density at radius 3 is 2.44 bits per heavy atom. The third kappa shape index (κ3) is 3.87. The lowest BCUT2D eigenvalue weighted by atomic mass is 10.3. The summed E-state index contributed by atoms with van der Waals surface area (Å²) in [5.41, 5.74) is 0. The van der Waals surface area contributed by atoms with E-state index in [0.29, 0.717) is 13.2 Å². The number of nitrogens with zero attached hydrogens (tertiary/aromatic N) is 2. The number of esters is 1. The number of amides is 2. The van der Waals surface area contributed by atoms with Crippen LogP contribution >= 0.6 is 0 Å². The minimum Gasteiger partial charge on any atom is -0.463 e. The standard InChI is InChI=1S/C12H18N2O4/c1-3-13-8-11(16)14(9-10(13)15)7-5-6-12(17)18-4-2/h5-6H,3-4,7-9H2,1-2H3/b6-5+. The lowest BCUT2D eigenvalue weighted by molar-refractivity contribution is -0.149. The van der Waals surface area contributed by atoms with Crippen LogP contribution in [0.4, 0.5) is 0 Å². The van der Waals surface area contributed by atoms with Crippen LogP contribution in [0, 0.1) is 0 Å². The maximum Gasteiger partial charge on any atom is 0.330 e. The third-order valence-corrected chi connectivity index (χ3v) is 2.61. The van der Waals surface area contributed by atoms with E-state index in [2.05, 4.69) is 0 Å². The molecule has 6 nitrogen and oxygen atoms in total. The van der Waals surface area contributed by atoms with Gasteiger partial charge < -0.3 is 14.5 Å². The number of carbonyl (C=O) groups excluding carboxylic acids is 3. The molecule has 0 aliphatic carbocycles. The first-order chi connectivity index (χ1) is 8.58. The molecular formula is C12H18N2O4. The Labute approximate surface area is 106 Å². The molecule has 6 heteroatoms. The topological polar surface area (TPSA) is 66.9 Å². The van der Waals surface area contributed by atoms with Gasteiger partial charge in [0.15, 0.2) is 0 Å². The highest BCUT2D eigenvalue weighted by Gasteiger charge is 2.27. The van der Waals surface area contributed by atoms with Crippen LogP contribution in [0.1, 0.15) is 13.8 Å². The molecule has 0 aromatic rings. The Bertz CT molecular complexity index is 365. The van der Waals surface area contributed by atoms with Crippen molar-refractivity contribution in [2.45, 2.75) is 13.8 Å². The molecule has 1 aliphatic rings. The molecule has 0 saturated carbocycles. The third-order valence-electron chi connectivity index (χ3n) is 2.61. The van der Waals surface area contributed by atoms with Crippen LogP contribution < -0.4 is 0 Å². The Hall–Kier alpha value is -1.85. The summed E-state index contributed by atoms with van der Waals surface area (Å²) in [4.78, 5) is 37.3. The minimum absolute atomic E-state index is 0.0679. The quantitative estimate of drug-likeness (QED) is 0.503. The highest BCUT2D eigenvalue weighted by molar-refractivity contribution is 5.92. The van der Waals surface area contributed by atoms with E-state index in [4.69, 9.17) is 4.74 Å². The number of rotatable bonds is 5. The van der Waals surface area contributed by atoms with Crippen LogP contribution in [0.2, 0.25) is 0 Å². The Morgan fingerprint density at radius 1 is 1.22 bits per heavy atom. The van der Waals surface area contributed by atoms with Gasteiger partial charge in [0.05, 0.1) is 13.2 Å². The molecule has 0 aromatic carbocycles. The molecule has 18 heavy (non-hydrogen) atoms. The maximum atomic E-state index is 11.7. The van der Waals surface area contributed by atoms with Crippen molar-refractivity contribution >= 4 is 17.8 Å². The Morgan fingerprint density at radius 2 is 1.83 bits per heavy atom. The van der Waals surface area contributed by atoms with E-state index in [1.165, 1.54) is 22.0 Å². The highest BCUT2D eigenvalue weighted by atomic mass is 16.5. The van der Waals surface area contributed by atoms with Crippen molar-refractivity contribution in [3.05, 3.63) is 12.2 Å². The number of piperazine rings is 1. The summed E-state index contributed by atoms with van der Waals surface area (Å²) in [5.74, 6) is -0.616. The first-order valence-corrected chi connectivity index (χ1v) is 5.97. The van der Waals surface area contributed by atoms with Crippen LogP contribution in [0.5, 0.6) is 0 Å². The molecule has 0 bridgehead atoms. The second-order valence-corrected chi connectivity index (χ2v) is 3.84. The number of carbonyl (C=O) groups is 3. The van der Waals surface area contributed by atoms with Crippen molar-refractivity contribution in [2.24, 2.45) is 0 Å². The molecule has 0 spiro atoms. The van der Waals surface area contributed by atoms with Gasteiger partial charge in [-0.25, -0.2) is 4.79 Å². The maximum absolute atomic E-state index is 11.7. The van der Waals surface area contributed by atoms with Crippen molar-refractivity contribution < 1.29 is 19.1 Å². The first kappa shape index (κ1) is 14.2. The molecule has 1 rings (SSSR count). The lowest BCUT2D eigenvalue weighted by Crippen LogP contribution is -2.53. The van der Waals surface area contributed by atoms with Gasteiger partial charge in [-0.1, -0.05) is 6.08 Å². The van der Waals surface area contributed by atoms with Gasteiger partial charge in [-0.2, -0.15) is 0 Å². The summed E-state index contributed by atoms with van der Waals surface area (Å²) in [6.45, 7) is 4.84. The van der Waals surface area contributed by atoms with Crippen molar-refractivity contribution in [2.75, 3.05) is 32.8 Å². The van der Waals surface area contributed by atoms with E-state index in [0.717, 1.165) is 0 Å². The van der Waals surface area contributed by atoms with Crippen LogP contribution in [0.25, 0.3) is 0 Å². The largest absolute Gasteiger partial charge is 0.463 e. The molecule has 0 atom stereocenters. The smallest absolute Gasteiger partial charge is 0.330 e. The zero-order chi connectivity index (χ0) is 13.5. The number of hydrogen-bond donors (Lipinski definition) is 0. The fourth-order valence-corrected chi connectivity index (χ4v) is 1.62. The van der Waals surface area contributed by atoms with Crippen molar-refractivity contribution in [1.29, 1.82) is 0 Å². The molecule has 1 saturated heterocycles. The summed E-state index contributed by atoms with van der Waals surface area (Å²) in [7, 11) is 0. The molecule has 0 radical (unpaired) electrons. The zero-order valence-corrected chi connectivity index (χ0v) is 10.7. The zero-order valence-electron chi connectivity index (χ0n) is 10.7. The van der Waals surface area contributed by atoms with E-state index in [1.54, 1.807) is 6.92 Å². The summed E-state index contributed by atoms with van der Waals surface area (Å²) < 4.78 is 4.71. The van der Waals surface area contributed by atoms with Crippen LogP contribution in [0.15, 0.2) is 12.2 Å². The van der Waals surface area contributed by atoms with Gasteiger partial charge in [0.2, 0.25) is 11.8 Å². The van der Waals surface area contributed by atoms with Crippen LogP contribution in [-0.2, 0) is 19.1 Å². The van der Waals surface area contributed by atoms with E-state index in [-0.39, 0.29) is 31.4 Å². The molecule has 0 unspecified atom stereocenters. The Balaban J connectivity index is 2.46. The summed E-state index contributed by atoms with van der Waals surface area (Å²) in [6.07, 6.45) is 2.80. The fraction of sp³-hybridized carbons (Fsp3) is 0.583. The van der Waals surface area contributed by atoms with Crippen LogP contribution in [0.3, 0.4) is 0 Å². The molecule has 1 fully saturated rings. The van der Waals surface area contributed by atoms with Crippen LogP contribution in [-0.4, -0.2) is 60.4 Å². The molecule has 1 heterocycles. The van der Waals surface area contributed by atoms with Gasteiger partial charge in [-0.3, -0.25) is 9.59 Å². The number of hydrogen-bond acceptors (Lipinski definition) is 4. The van der Waals surface area contributed by atoms with Gasteiger partial charge in [0.25, 0.3) is 0 Å². The van der Waals surface area contributed by atoms with Gasteiger partial charge in [-0.15, -0.1) is 0 Å². The second-order valence-electron chi connectivity index (χ2n) is 3.84. The van der Waals surface area contributed by atoms with Gasteiger partial charge in [-0.05, 0) is 13.8 Å². The number of likely N-dealkylation sites (N-methyl/N-ethyl adjacent to an activating group) is 1. The average molecular weight is 254 g/mol. The summed E-state index contributed by atoms with van der Waals surface area (Å²) in [5, 5.41) is 0. The molecule has 1 aliphatic heterocycles. The predicted molar refractivity (Wildman–Crippen MR) is 64.6 cm³/mol. The highest BCUT2D eigenvalue weighted by Crippen LogP contribution is 2.04. The van der Waals surface area contributed by atoms with Crippen molar-refractivity contribution in [3.8, 4) is 0 Å². The van der Waals surface area contributed by atoms with Crippen molar-refractivity contribution in [3.63, 3.8) is 0 Å². The van der Waals surface area contributed by atoms with Crippen molar-refractivity contribution in [1.82, 2.24) is 9.80 Å². The predicted octanol–water partition coefficient (Wildman–Crippen LogP) is -0.204. The molecule has 0 N–H and O–H groups in total. The summed E-state index contributed by atoms with van der Waals surface area (Å²) in [6, 6.07) is 0. The molecule has 0 aromatic heterocycles. The van der Waals surface area contributed by atoms with E-state index < -0.39 is 5.97 Å².